The lowest BCUT2D eigenvalue weighted by molar-refractivity contribution is -0.125. The minimum atomic E-state index is 0.133. The molecule has 1 aliphatic rings. The molecule has 0 aliphatic carbocycles. The highest BCUT2D eigenvalue weighted by molar-refractivity contribution is 5.95. The molecule has 25 heavy (non-hydrogen) atoms. The average molecular weight is 341 g/mol. The van der Waals surface area contributed by atoms with Crippen LogP contribution in [0.4, 0.5) is 5.69 Å². The van der Waals surface area contributed by atoms with Crippen molar-refractivity contribution in [2.45, 2.75) is 39.5 Å². The van der Waals surface area contributed by atoms with E-state index in [0.29, 0.717) is 5.92 Å². The minimum Gasteiger partial charge on any atom is -0.371 e. The molecule has 0 aromatic carbocycles. The third-order valence-electron chi connectivity index (χ3n) is 4.88. The topological polar surface area (TPSA) is 36.4 Å². The highest BCUT2D eigenvalue weighted by Crippen LogP contribution is 2.25. The average Bonchev–Trinajstić information content (AvgIpc) is 2.66. The molecule has 4 heteroatoms. The van der Waals surface area contributed by atoms with Gasteiger partial charge in [0.25, 0.3) is 5.91 Å². The lowest BCUT2D eigenvalue weighted by atomic mass is 9.93. The summed E-state index contributed by atoms with van der Waals surface area (Å²) in [5.74, 6) is 0.836. The number of amides is 1. The van der Waals surface area contributed by atoms with E-state index >= 15 is 0 Å². The molecule has 0 radical (unpaired) electrons. The van der Waals surface area contributed by atoms with Gasteiger partial charge in [-0.1, -0.05) is 25.2 Å². The number of hydrogen-bond acceptors (Lipinski definition) is 3. The van der Waals surface area contributed by atoms with Crippen molar-refractivity contribution in [2.75, 3.05) is 31.6 Å². The molecule has 2 rings (SSSR count). The van der Waals surface area contributed by atoms with Crippen LogP contribution >= 0.6 is 0 Å². The predicted molar refractivity (Wildman–Crippen MR) is 105 cm³/mol. The van der Waals surface area contributed by atoms with Crippen LogP contribution in [0, 0.1) is 5.92 Å². The van der Waals surface area contributed by atoms with Crippen molar-refractivity contribution in [1.82, 2.24) is 9.88 Å². The zero-order valence-corrected chi connectivity index (χ0v) is 15.8. The van der Waals surface area contributed by atoms with Gasteiger partial charge in [0.05, 0.1) is 0 Å². The summed E-state index contributed by atoms with van der Waals surface area (Å²) < 4.78 is 0. The van der Waals surface area contributed by atoms with Crippen LogP contribution in [0.15, 0.2) is 48.3 Å². The standard InChI is InChI=1S/C21H31N3O/c1-4-6-19(7-5-2)21(25)23(3)15-10-18-11-16-24(17-12-18)20-8-13-22-14-9-20/h4,6-9,13-14,18H,5,10-12,15-17H2,1-3H3/b6-4-,19-7+. The highest BCUT2D eigenvalue weighted by atomic mass is 16.2. The van der Waals surface area contributed by atoms with E-state index in [1.807, 2.05) is 49.5 Å². The number of hydrogen-bond donors (Lipinski definition) is 0. The third kappa shape index (κ3) is 5.73. The molecule has 1 aliphatic heterocycles. The van der Waals surface area contributed by atoms with Crippen molar-refractivity contribution >= 4 is 11.6 Å². The van der Waals surface area contributed by atoms with Crippen LogP contribution < -0.4 is 4.90 Å². The van der Waals surface area contributed by atoms with Crippen LogP contribution in [0.5, 0.6) is 0 Å². The number of anilines is 1. The molecule has 4 nitrogen and oxygen atoms in total. The summed E-state index contributed by atoms with van der Waals surface area (Å²) in [7, 11) is 1.92. The van der Waals surface area contributed by atoms with E-state index in [2.05, 4.69) is 28.9 Å². The van der Waals surface area contributed by atoms with E-state index in [0.717, 1.165) is 38.0 Å². The number of allylic oxidation sites excluding steroid dienone is 2. The van der Waals surface area contributed by atoms with Crippen molar-refractivity contribution in [3.8, 4) is 0 Å². The smallest absolute Gasteiger partial charge is 0.253 e. The molecule has 1 aromatic heterocycles. The number of aromatic nitrogens is 1. The molecule has 0 saturated carbocycles. The SMILES string of the molecule is C/C=C\C(=C/CC)C(=O)N(C)CCC1CCN(c2ccncc2)CC1. The Kier molecular flexibility index (Phi) is 7.71. The Labute approximate surface area is 152 Å². The fourth-order valence-electron chi connectivity index (χ4n) is 3.36. The summed E-state index contributed by atoms with van der Waals surface area (Å²) in [4.78, 5) is 20.9. The molecule has 1 amide bonds. The maximum Gasteiger partial charge on any atom is 0.253 e. The first-order valence-electron chi connectivity index (χ1n) is 9.39. The fourth-order valence-corrected chi connectivity index (χ4v) is 3.36. The van der Waals surface area contributed by atoms with Crippen LogP contribution in [0.2, 0.25) is 0 Å². The number of pyridine rings is 1. The summed E-state index contributed by atoms with van der Waals surface area (Å²) in [5.41, 5.74) is 2.07. The van der Waals surface area contributed by atoms with Gasteiger partial charge in [0.1, 0.15) is 0 Å². The maximum atomic E-state index is 12.5. The van der Waals surface area contributed by atoms with E-state index in [4.69, 9.17) is 0 Å². The molecule has 0 atom stereocenters. The van der Waals surface area contributed by atoms with E-state index in [1.165, 1.54) is 18.5 Å². The van der Waals surface area contributed by atoms with Crippen LogP contribution in [-0.4, -0.2) is 42.5 Å². The molecule has 0 N–H and O–H groups in total. The van der Waals surface area contributed by atoms with Crippen molar-refractivity contribution in [3.05, 3.63) is 48.3 Å². The maximum absolute atomic E-state index is 12.5. The van der Waals surface area contributed by atoms with Gasteiger partial charge in [-0.3, -0.25) is 9.78 Å². The summed E-state index contributed by atoms with van der Waals surface area (Å²) in [5, 5.41) is 0. The van der Waals surface area contributed by atoms with Gasteiger partial charge in [-0.2, -0.15) is 0 Å². The summed E-state index contributed by atoms with van der Waals surface area (Å²) >= 11 is 0. The molecular weight excluding hydrogens is 310 g/mol. The normalized spacial score (nSPS) is 16.4. The van der Waals surface area contributed by atoms with Gasteiger partial charge in [0.15, 0.2) is 0 Å². The lowest BCUT2D eigenvalue weighted by Crippen LogP contribution is -2.36. The van der Waals surface area contributed by atoms with E-state index in [-0.39, 0.29) is 5.91 Å². The Hall–Kier alpha value is -2.10. The van der Waals surface area contributed by atoms with Crippen LogP contribution in [0.1, 0.15) is 39.5 Å². The quantitative estimate of drug-likeness (QED) is 0.554. The van der Waals surface area contributed by atoms with Crippen molar-refractivity contribution < 1.29 is 4.79 Å². The van der Waals surface area contributed by atoms with Crippen LogP contribution in [0.25, 0.3) is 0 Å². The van der Waals surface area contributed by atoms with E-state index < -0.39 is 0 Å². The first-order valence-corrected chi connectivity index (χ1v) is 9.39. The number of carbonyl (C=O) groups is 1. The summed E-state index contributed by atoms with van der Waals surface area (Å²) in [6.07, 6.45) is 13.9. The zero-order valence-electron chi connectivity index (χ0n) is 15.8. The number of piperidine rings is 1. The zero-order chi connectivity index (χ0) is 18.1. The van der Waals surface area contributed by atoms with Crippen molar-refractivity contribution in [3.63, 3.8) is 0 Å². The molecule has 136 valence electrons. The third-order valence-corrected chi connectivity index (χ3v) is 4.88. The second-order valence-corrected chi connectivity index (χ2v) is 6.72. The highest BCUT2D eigenvalue weighted by Gasteiger charge is 2.21. The van der Waals surface area contributed by atoms with Gasteiger partial charge >= 0.3 is 0 Å². The molecule has 0 spiro atoms. The molecule has 1 saturated heterocycles. The fraction of sp³-hybridized carbons (Fsp3) is 0.524. The predicted octanol–water partition coefficient (Wildman–Crippen LogP) is 4.06. The summed E-state index contributed by atoms with van der Waals surface area (Å²) in [6, 6.07) is 4.16. The van der Waals surface area contributed by atoms with Crippen LogP contribution in [-0.2, 0) is 4.79 Å². The second-order valence-electron chi connectivity index (χ2n) is 6.72. The van der Waals surface area contributed by atoms with Gasteiger partial charge in [0.2, 0.25) is 0 Å². The van der Waals surface area contributed by atoms with Gasteiger partial charge in [-0.25, -0.2) is 0 Å². The Morgan fingerprint density at radius 3 is 2.60 bits per heavy atom. The van der Waals surface area contributed by atoms with Crippen LogP contribution in [0.3, 0.4) is 0 Å². The van der Waals surface area contributed by atoms with E-state index in [9.17, 15) is 4.79 Å². The molecule has 0 bridgehead atoms. The molecular formula is C21H31N3O. The van der Waals surface area contributed by atoms with Gasteiger partial charge in [0, 0.05) is 50.3 Å². The lowest BCUT2D eigenvalue weighted by Gasteiger charge is -2.34. The minimum absolute atomic E-state index is 0.133. The Morgan fingerprint density at radius 1 is 1.32 bits per heavy atom. The second kappa shape index (κ2) is 10.0. The Bertz CT molecular complexity index is 586. The largest absolute Gasteiger partial charge is 0.371 e. The van der Waals surface area contributed by atoms with Gasteiger partial charge < -0.3 is 9.80 Å². The Balaban J connectivity index is 1.78. The summed E-state index contributed by atoms with van der Waals surface area (Å²) in [6.45, 7) is 7.02. The molecule has 1 aromatic rings. The number of carbonyl (C=O) groups excluding carboxylic acids is 1. The molecule has 1 fully saturated rings. The first-order chi connectivity index (χ1) is 12.2. The molecule has 0 unspecified atom stereocenters. The Morgan fingerprint density at radius 2 is 2.00 bits per heavy atom. The monoisotopic (exact) mass is 341 g/mol. The number of nitrogens with zero attached hydrogens (tertiary/aromatic N) is 3. The number of rotatable bonds is 7. The van der Waals surface area contributed by atoms with Crippen molar-refractivity contribution in [2.24, 2.45) is 5.92 Å². The molecule has 2 heterocycles. The van der Waals surface area contributed by atoms with Gasteiger partial charge in [-0.05, 0) is 50.7 Å². The number of likely N-dealkylation sites (N-methyl/N-ethyl adjacent to an activating group) is 1. The van der Waals surface area contributed by atoms with Crippen molar-refractivity contribution in [1.29, 1.82) is 0 Å². The van der Waals surface area contributed by atoms with Gasteiger partial charge in [-0.15, -0.1) is 0 Å². The first kappa shape index (κ1) is 19.2. The van der Waals surface area contributed by atoms with E-state index in [1.54, 1.807) is 0 Å².